The van der Waals surface area contributed by atoms with Crippen molar-refractivity contribution in [2.24, 2.45) is 0 Å². The molecule has 0 fully saturated rings. The average Bonchev–Trinajstić information content (AvgIpc) is 2.41. The SMILES string of the molecule is CNC(CCC(=O)NCCOCCOCC(C)=O)C(=O)O. The molecule has 0 bridgehead atoms. The van der Waals surface area contributed by atoms with Gasteiger partial charge in [-0.15, -0.1) is 0 Å². The number of ketones is 1. The number of aliphatic carboxylic acids is 1. The second-order valence-corrected chi connectivity index (χ2v) is 4.44. The number of carboxylic acid groups (broad SMARTS) is 1. The van der Waals surface area contributed by atoms with Gasteiger partial charge in [-0.25, -0.2) is 0 Å². The number of hydrogen-bond donors (Lipinski definition) is 3. The molecule has 8 heteroatoms. The van der Waals surface area contributed by atoms with Crippen LogP contribution in [0.15, 0.2) is 0 Å². The van der Waals surface area contributed by atoms with Gasteiger partial charge < -0.3 is 25.2 Å². The summed E-state index contributed by atoms with van der Waals surface area (Å²) in [5.41, 5.74) is 0. The highest BCUT2D eigenvalue weighted by molar-refractivity contribution is 5.78. The molecule has 0 spiro atoms. The maximum atomic E-state index is 11.4. The predicted octanol–water partition coefficient (Wildman–Crippen LogP) is -0.822. The van der Waals surface area contributed by atoms with Gasteiger partial charge in [0, 0.05) is 13.0 Å². The quantitative estimate of drug-likeness (QED) is 0.381. The summed E-state index contributed by atoms with van der Waals surface area (Å²) in [7, 11) is 1.54. The summed E-state index contributed by atoms with van der Waals surface area (Å²) in [5, 5.41) is 14.0. The number of carboxylic acids is 1. The highest BCUT2D eigenvalue weighted by Crippen LogP contribution is 1.96. The number of rotatable bonds is 13. The smallest absolute Gasteiger partial charge is 0.320 e. The third-order valence-electron chi connectivity index (χ3n) is 2.55. The van der Waals surface area contributed by atoms with Crippen LogP contribution in [0.2, 0.25) is 0 Å². The fraction of sp³-hybridized carbons (Fsp3) is 0.769. The summed E-state index contributed by atoms with van der Waals surface area (Å²) in [5.74, 6) is -1.23. The van der Waals surface area contributed by atoms with Gasteiger partial charge in [0.15, 0.2) is 5.78 Å². The van der Waals surface area contributed by atoms with Crippen molar-refractivity contribution < 1.29 is 29.0 Å². The summed E-state index contributed by atoms with van der Waals surface area (Å²) in [6, 6.07) is -0.717. The minimum atomic E-state index is -0.973. The highest BCUT2D eigenvalue weighted by Gasteiger charge is 2.15. The molecule has 0 aromatic rings. The van der Waals surface area contributed by atoms with E-state index in [1.54, 1.807) is 7.05 Å². The number of ether oxygens (including phenoxy) is 2. The van der Waals surface area contributed by atoms with Crippen molar-refractivity contribution in [2.45, 2.75) is 25.8 Å². The Kier molecular flexibility index (Phi) is 11.4. The van der Waals surface area contributed by atoms with Crippen LogP contribution in [-0.4, -0.2) is 68.8 Å². The van der Waals surface area contributed by atoms with E-state index in [0.29, 0.717) is 26.4 Å². The van der Waals surface area contributed by atoms with Crippen LogP contribution in [0.1, 0.15) is 19.8 Å². The largest absolute Gasteiger partial charge is 0.480 e. The zero-order valence-corrected chi connectivity index (χ0v) is 12.5. The summed E-state index contributed by atoms with van der Waals surface area (Å²) in [6.45, 7) is 2.89. The Morgan fingerprint density at radius 2 is 1.81 bits per heavy atom. The van der Waals surface area contributed by atoms with Crippen molar-refractivity contribution in [2.75, 3.05) is 40.0 Å². The maximum Gasteiger partial charge on any atom is 0.320 e. The Morgan fingerprint density at radius 3 is 2.38 bits per heavy atom. The van der Waals surface area contributed by atoms with Gasteiger partial charge in [-0.05, 0) is 20.4 Å². The van der Waals surface area contributed by atoms with Crippen LogP contribution in [-0.2, 0) is 23.9 Å². The predicted molar refractivity (Wildman–Crippen MR) is 75.0 cm³/mol. The van der Waals surface area contributed by atoms with Gasteiger partial charge in [0.2, 0.25) is 5.91 Å². The summed E-state index contributed by atoms with van der Waals surface area (Å²) in [6.07, 6.45) is 0.372. The van der Waals surface area contributed by atoms with Crippen molar-refractivity contribution in [3.05, 3.63) is 0 Å². The molecule has 8 nitrogen and oxygen atoms in total. The number of likely N-dealkylation sites (N-methyl/N-ethyl adjacent to an activating group) is 1. The first-order valence-corrected chi connectivity index (χ1v) is 6.79. The van der Waals surface area contributed by atoms with E-state index in [9.17, 15) is 14.4 Å². The summed E-state index contributed by atoms with van der Waals surface area (Å²) >= 11 is 0. The fourth-order valence-electron chi connectivity index (χ4n) is 1.45. The van der Waals surface area contributed by atoms with Crippen molar-refractivity contribution in [3.63, 3.8) is 0 Å². The number of nitrogens with one attached hydrogen (secondary N) is 2. The summed E-state index contributed by atoms with van der Waals surface area (Å²) < 4.78 is 10.2. The molecule has 0 aromatic heterocycles. The number of carbonyl (C=O) groups is 3. The van der Waals surface area contributed by atoms with E-state index in [0.717, 1.165) is 0 Å². The van der Waals surface area contributed by atoms with Crippen LogP contribution in [0.3, 0.4) is 0 Å². The molecule has 0 heterocycles. The monoisotopic (exact) mass is 304 g/mol. The topological polar surface area (TPSA) is 114 Å². The van der Waals surface area contributed by atoms with Crippen molar-refractivity contribution >= 4 is 17.7 Å². The summed E-state index contributed by atoms with van der Waals surface area (Å²) in [4.78, 5) is 32.7. The van der Waals surface area contributed by atoms with Crippen molar-refractivity contribution in [1.82, 2.24) is 10.6 Å². The van der Waals surface area contributed by atoms with Gasteiger partial charge in [-0.1, -0.05) is 0 Å². The van der Waals surface area contributed by atoms with Crippen molar-refractivity contribution in [1.29, 1.82) is 0 Å². The van der Waals surface area contributed by atoms with Crippen LogP contribution in [0, 0.1) is 0 Å². The Bertz CT molecular complexity index is 335. The van der Waals surface area contributed by atoms with E-state index in [2.05, 4.69) is 10.6 Å². The molecule has 1 atom stereocenters. The minimum absolute atomic E-state index is 0.0384. The zero-order valence-electron chi connectivity index (χ0n) is 12.5. The molecule has 0 saturated carbocycles. The Balaban J connectivity index is 3.45. The highest BCUT2D eigenvalue weighted by atomic mass is 16.5. The third kappa shape index (κ3) is 12.0. The number of carbonyl (C=O) groups excluding carboxylic acids is 2. The van der Waals surface area contributed by atoms with Gasteiger partial charge in [-0.2, -0.15) is 0 Å². The minimum Gasteiger partial charge on any atom is -0.480 e. The number of amides is 1. The van der Waals surface area contributed by atoms with E-state index >= 15 is 0 Å². The van der Waals surface area contributed by atoms with E-state index in [1.807, 2.05) is 0 Å². The fourth-order valence-corrected chi connectivity index (χ4v) is 1.45. The van der Waals surface area contributed by atoms with Gasteiger partial charge >= 0.3 is 5.97 Å². The van der Waals surface area contributed by atoms with Gasteiger partial charge in [0.1, 0.15) is 12.6 Å². The molecule has 0 aliphatic heterocycles. The first-order valence-electron chi connectivity index (χ1n) is 6.79. The zero-order chi connectivity index (χ0) is 16.1. The second-order valence-electron chi connectivity index (χ2n) is 4.44. The molecule has 0 aliphatic carbocycles. The Labute approximate surface area is 124 Å². The lowest BCUT2D eigenvalue weighted by Gasteiger charge is -2.11. The van der Waals surface area contributed by atoms with Crippen LogP contribution in [0.25, 0.3) is 0 Å². The molecule has 0 aromatic carbocycles. The first kappa shape index (κ1) is 19.5. The molecular weight excluding hydrogens is 280 g/mol. The number of hydrogen-bond acceptors (Lipinski definition) is 6. The van der Waals surface area contributed by atoms with Crippen LogP contribution >= 0.6 is 0 Å². The molecule has 3 N–H and O–H groups in total. The standard InChI is InChI=1S/C13H24N2O6/c1-10(16)9-21-8-7-20-6-5-15-12(17)4-3-11(14-2)13(18)19/h11,14H,3-9H2,1-2H3,(H,15,17)(H,18,19). The van der Waals surface area contributed by atoms with E-state index in [-0.39, 0.29) is 31.1 Å². The van der Waals surface area contributed by atoms with Gasteiger partial charge in [-0.3, -0.25) is 14.4 Å². The van der Waals surface area contributed by atoms with Crippen LogP contribution < -0.4 is 10.6 Å². The third-order valence-corrected chi connectivity index (χ3v) is 2.55. The molecule has 0 radical (unpaired) electrons. The van der Waals surface area contributed by atoms with Crippen LogP contribution in [0.5, 0.6) is 0 Å². The van der Waals surface area contributed by atoms with E-state index < -0.39 is 12.0 Å². The Morgan fingerprint density at radius 1 is 1.14 bits per heavy atom. The molecule has 0 saturated heterocycles. The van der Waals surface area contributed by atoms with Crippen LogP contribution in [0.4, 0.5) is 0 Å². The molecular formula is C13H24N2O6. The van der Waals surface area contributed by atoms with E-state index in [1.165, 1.54) is 6.92 Å². The maximum absolute atomic E-state index is 11.4. The molecule has 122 valence electrons. The average molecular weight is 304 g/mol. The molecule has 0 aliphatic rings. The lowest BCUT2D eigenvalue weighted by atomic mass is 10.1. The normalized spacial score (nSPS) is 11.9. The first-order chi connectivity index (χ1) is 9.97. The van der Waals surface area contributed by atoms with Crippen molar-refractivity contribution in [3.8, 4) is 0 Å². The number of Topliss-reactive ketones (excluding diaryl/α,β-unsaturated/α-hetero) is 1. The lowest BCUT2D eigenvalue weighted by Crippen LogP contribution is -2.36. The molecule has 1 unspecified atom stereocenters. The van der Waals surface area contributed by atoms with E-state index in [4.69, 9.17) is 14.6 Å². The molecule has 1 amide bonds. The Hall–Kier alpha value is -1.51. The van der Waals surface area contributed by atoms with Gasteiger partial charge in [0.25, 0.3) is 0 Å². The molecule has 21 heavy (non-hydrogen) atoms. The lowest BCUT2D eigenvalue weighted by molar-refractivity contribution is -0.139. The molecule has 0 rings (SSSR count). The van der Waals surface area contributed by atoms with Gasteiger partial charge in [0.05, 0.1) is 19.8 Å². The second kappa shape index (κ2) is 12.2.